The molecule has 5 nitrogen and oxygen atoms in total. The molecule has 1 saturated heterocycles. The number of carbonyl (C=O) groups excluding carboxylic acids is 1. The number of amides is 1. The highest BCUT2D eigenvalue weighted by atomic mass is 35.5. The van der Waals surface area contributed by atoms with Gasteiger partial charge in [0.05, 0.1) is 18.7 Å². The highest BCUT2D eigenvalue weighted by Crippen LogP contribution is 2.16. The quantitative estimate of drug-likeness (QED) is 0.727. The summed E-state index contributed by atoms with van der Waals surface area (Å²) in [5.74, 6) is 0.0285. The van der Waals surface area contributed by atoms with Gasteiger partial charge in [-0.05, 0) is 32.5 Å². The van der Waals surface area contributed by atoms with Crippen molar-refractivity contribution < 1.29 is 9.53 Å². The number of hydrogen-bond acceptors (Lipinski definition) is 4. The third-order valence-corrected chi connectivity index (χ3v) is 3.98. The zero-order valence-electron chi connectivity index (χ0n) is 14.4. The molecule has 0 spiro atoms. The van der Waals surface area contributed by atoms with Gasteiger partial charge in [0, 0.05) is 19.7 Å². The summed E-state index contributed by atoms with van der Waals surface area (Å²) >= 11 is 0. The van der Waals surface area contributed by atoms with Crippen LogP contribution in [-0.2, 0) is 9.53 Å². The first-order valence-corrected chi connectivity index (χ1v) is 7.97. The topological polar surface area (TPSA) is 53.6 Å². The second kappa shape index (κ2) is 12.5. The Morgan fingerprint density at radius 1 is 1.29 bits per heavy atom. The largest absolute Gasteiger partial charge is 0.377 e. The van der Waals surface area contributed by atoms with Crippen LogP contribution in [0.4, 0.5) is 0 Å². The fourth-order valence-corrected chi connectivity index (χ4v) is 2.70. The zero-order chi connectivity index (χ0) is 15.8. The van der Waals surface area contributed by atoms with Crippen molar-refractivity contribution in [3.8, 4) is 0 Å². The molecule has 0 bridgehead atoms. The molecule has 1 fully saturated rings. The highest BCUT2D eigenvalue weighted by Gasteiger charge is 2.16. The summed E-state index contributed by atoms with van der Waals surface area (Å²) in [6.07, 6.45) is 2.48. The Morgan fingerprint density at radius 2 is 2.00 bits per heavy atom. The first-order chi connectivity index (χ1) is 10.7. The summed E-state index contributed by atoms with van der Waals surface area (Å²) in [4.78, 5) is 14.1. The summed E-state index contributed by atoms with van der Waals surface area (Å²) in [7, 11) is 4.05. The van der Waals surface area contributed by atoms with Crippen LogP contribution in [0.5, 0.6) is 0 Å². The second-order valence-electron chi connectivity index (χ2n) is 5.96. The Bertz CT molecular complexity index is 454. The van der Waals surface area contributed by atoms with Gasteiger partial charge in [0.1, 0.15) is 0 Å². The molecule has 0 radical (unpaired) electrons. The molecule has 1 aliphatic heterocycles. The normalized spacial score (nSPS) is 17.7. The first-order valence-electron chi connectivity index (χ1n) is 7.97. The molecule has 1 amide bonds. The van der Waals surface area contributed by atoms with Crippen LogP contribution in [0.25, 0.3) is 0 Å². The molecule has 1 aromatic rings. The molecule has 2 rings (SSSR count). The minimum atomic E-state index is 0. The van der Waals surface area contributed by atoms with Crippen LogP contribution in [0.2, 0.25) is 0 Å². The zero-order valence-corrected chi connectivity index (χ0v) is 16.0. The predicted octanol–water partition coefficient (Wildman–Crippen LogP) is 2.02. The lowest BCUT2D eigenvalue weighted by Crippen LogP contribution is -2.40. The Labute approximate surface area is 157 Å². The van der Waals surface area contributed by atoms with E-state index in [2.05, 4.69) is 27.7 Å². The van der Waals surface area contributed by atoms with Crippen molar-refractivity contribution >= 4 is 30.7 Å². The lowest BCUT2D eigenvalue weighted by molar-refractivity contribution is -0.120. The lowest BCUT2D eigenvalue weighted by atomic mass is 10.1. The van der Waals surface area contributed by atoms with Crippen molar-refractivity contribution in [3.63, 3.8) is 0 Å². The van der Waals surface area contributed by atoms with Crippen LogP contribution in [0, 0.1) is 0 Å². The Hall–Kier alpha value is -0.850. The lowest BCUT2D eigenvalue weighted by Gasteiger charge is -2.25. The maximum absolute atomic E-state index is 11.9. The summed E-state index contributed by atoms with van der Waals surface area (Å²) in [5, 5.41) is 6.17. The minimum absolute atomic E-state index is 0. The van der Waals surface area contributed by atoms with E-state index in [0.717, 1.165) is 26.0 Å². The summed E-state index contributed by atoms with van der Waals surface area (Å²) in [6.45, 7) is 2.55. The SMILES string of the molecule is CN(C)C(CNC(=O)CNCC1CCCO1)c1ccccc1.Cl.Cl. The molecule has 7 heteroatoms. The molecule has 1 heterocycles. The van der Waals surface area contributed by atoms with Gasteiger partial charge in [-0.25, -0.2) is 0 Å². The first kappa shape index (κ1) is 23.1. The van der Waals surface area contributed by atoms with Crippen molar-refractivity contribution in [2.24, 2.45) is 0 Å². The summed E-state index contributed by atoms with van der Waals surface area (Å²) in [6, 6.07) is 10.4. The molecule has 0 aliphatic carbocycles. The maximum atomic E-state index is 11.9. The summed E-state index contributed by atoms with van der Waals surface area (Å²) < 4.78 is 5.52. The van der Waals surface area contributed by atoms with Gasteiger partial charge in [0.15, 0.2) is 0 Å². The van der Waals surface area contributed by atoms with Crippen molar-refractivity contribution in [1.82, 2.24) is 15.5 Å². The summed E-state index contributed by atoms with van der Waals surface area (Å²) in [5.41, 5.74) is 1.21. The van der Waals surface area contributed by atoms with Crippen LogP contribution in [0.1, 0.15) is 24.4 Å². The number of halogens is 2. The number of carbonyl (C=O) groups is 1. The average Bonchev–Trinajstić information content (AvgIpc) is 3.01. The molecule has 24 heavy (non-hydrogen) atoms. The number of ether oxygens (including phenoxy) is 1. The Balaban J connectivity index is 0.00000264. The maximum Gasteiger partial charge on any atom is 0.234 e. The van der Waals surface area contributed by atoms with Gasteiger partial charge in [-0.1, -0.05) is 30.3 Å². The monoisotopic (exact) mass is 377 g/mol. The third kappa shape index (κ3) is 7.81. The van der Waals surface area contributed by atoms with Gasteiger partial charge in [0.2, 0.25) is 5.91 Å². The van der Waals surface area contributed by atoms with E-state index in [1.54, 1.807) is 0 Å². The van der Waals surface area contributed by atoms with Crippen LogP contribution >= 0.6 is 24.8 Å². The van der Waals surface area contributed by atoms with Crippen LogP contribution in [0.3, 0.4) is 0 Å². The fourth-order valence-electron chi connectivity index (χ4n) is 2.70. The number of hydrogen-bond donors (Lipinski definition) is 2. The number of nitrogens with zero attached hydrogens (tertiary/aromatic N) is 1. The van der Waals surface area contributed by atoms with Crippen molar-refractivity contribution in [2.45, 2.75) is 25.0 Å². The molecule has 138 valence electrons. The average molecular weight is 378 g/mol. The van der Waals surface area contributed by atoms with Gasteiger partial charge < -0.3 is 20.3 Å². The second-order valence-corrected chi connectivity index (χ2v) is 5.96. The van der Waals surface area contributed by atoms with Crippen molar-refractivity contribution in [1.29, 1.82) is 0 Å². The molecule has 2 N–H and O–H groups in total. The van der Waals surface area contributed by atoms with Gasteiger partial charge >= 0.3 is 0 Å². The van der Waals surface area contributed by atoms with E-state index in [1.807, 2.05) is 32.3 Å². The third-order valence-electron chi connectivity index (χ3n) is 3.98. The molecule has 1 aliphatic rings. The smallest absolute Gasteiger partial charge is 0.234 e. The van der Waals surface area contributed by atoms with E-state index < -0.39 is 0 Å². The highest BCUT2D eigenvalue weighted by molar-refractivity contribution is 5.85. The number of benzene rings is 1. The fraction of sp³-hybridized carbons (Fsp3) is 0.588. The molecular weight excluding hydrogens is 349 g/mol. The molecule has 0 saturated carbocycles. The molecular formula is C17H29Cl2N3O2. The van der Waals surface area contributed by atoms with Gasteiger partial charge in [0.25, 0.3) is 0 Å². The standard InChI is InChI=1S/C17H27N3O2.2ClH/c1-20(2)16(14-7-4-3-5-8-14)12-19-17(21)13-18-11-15-9-6-10-22-15;;/h3-5,7-8,15-16,18H,6,9-13H2,1-2H3,(H,19,21);2*1H. The Morgan fingerprint density at radius 3 is 2.58 bits per heavy atom. The van der Waals surface area contributed by atoms with E-state index >= 15 is 0 Å². The molecule has 2 atom stereocenters. The number of rotatable bonds is 8. The molecule has 1 aromatic carbocycles. The minimum Gasteiger partial charge on any atom is -0.377 e. The van der Waals surface area contributed by atoms with Crippen molar-refractivity contribution in [2.75, 3.05) is 40.3 Å². The van der Waals surface area contributed by atoms with Crippen LogP contribution in [0.15, 0.2) is 30.3 Å². The predicted molar refractivity (Wildman–Crippen MR) is 102 cm³/mol. The van der Waals surface area contributed by atoms with Gasteiger partial charge in [-0.15, -0.1) is 24.8 Å². The molecule has 2 unspecified atom stereocenters. The number of nitrogens with one attached hydrogen (secondary N) is 2. The van der Waals surface area contributed by atoms with Gasteiger partial charge in [-0.3, -0.25) is 4.79 Å². The van der Waals surface area contributed by atoms with Crippen LogP contribution in [-0.4, -0.2) is 57.2 Å². The molecule has 0 aromatic heterocycles. The van der Waals surface area contributed by atoms with Crippen molar-refractivity contribution in [3.05, 3.63) is 35.9 Å². The van der Waals surface area contributed by atoms with E-state index in [-0.39, 0.29) is 42.9 Å². The van der Waals surface area contributed by atoms with E-state index in [4.69, 9.17) is 4.74 Å². The van der Waals surface area contributed by atoms with Gasteiger partial charge in [-0.2, -0.15) is 0 Å². The van der Waals surface area contributed by atoms with E-state index in [0.29, 0.717) is 13.1 Å². The van der Waals surface area contributed by atoms with E-state index in [9.17, 15) is 4.79 Å². The number of likely N-dealkylation sites (N-methyl/N-ethyl adjacent to an activating group) is 1. The van der Waals surface area contributed by atoms with E-state index in [1.165, 1.54) is 5.56 Å². The Kier molecular flexibility index (Phi) is 12.1. The van der Waals surface area contributed by atoms with Crippen LogP contribution < -0.4 is 10.6 Å².